The molecule has 7 nitrogen and oxygen atoms in total. The molecule has 0 spiro atoms. The highest BCUT2D eigenvalue weighted by atomic mass is 127. The molecule has 1 aliphatic rings. The number of likely N-dealkylation sites (tertiary alicyclic amines) is 1. The van der Waals surface area contributed by atoms with Crippen LogP contribution in [-0.4, -0.2) is 54.4 Å². The van der Waals surface area contributed by atoms with Crippen LogP contribution in [0.25, 0.3) is 22.8 Å². The van der Waals surface area contributed by atoms with Crippen LogP contribution >= 0.6 is 22.6 Å². The standard InChI is InChI=1S/C32H42IN3O4/c1-5-39-31(37)32(14-6-7-19-38-4)15-17-36(18-16-32)22-24-8-10-25(11-9-24)29-34-30(40-35-29)27-13-12-26(20-23(2)3)28(33)21-27/h8-13,21,23H,5-7,14-20,22H2,1-4H3. The van der Waals surface area contributed by atoms with Crippen LogP contribution in [-0.2, 0) is 27.2 Å². The topological polar surface area (TPSA) is 77.7 Å². The van der Waals surface area contributed by atoms with Crippen LogP contribution in [0.2, 0.25) is 0 Å². The number of hydrogen-bond acceptors (Lipinski definition) is 7. The molecule has 0 saturated carbocycles. The quantitative estimate of drug-likeness (QED) is 0.109. The molecule has 0 bridgehead atoms. The smallest absolute Gasteiger partial charge is 0.312 e. The third-order valence-electron chi connectivity index (χ3n) is 7.75. The van der Waals surface area contributed by atoms with Gasteiger partial charge in [0.1, 0.15) is 0 Å². The van der Waals surface area contributed by atoms with Crippen molar-refractivity contribution in [3.8, 4) is 22.8 Å². The lowest BCUT2D eigenvalue weighted by Crippen LogP contribution is -2.45. The van der Waals surface area contributed by atoms with Gasteiger partial charge >= 0.3 is 5.97 Å². The summed E-state index contributed by atoms with van der Waals surface area (Å²) in [5, 5.41) is 4.24. The van der Waals surface area contributed by atoms with Gasteiger partial charge in [-0.1, -0.05) is 55.8 Å². The first kappa shape index (κ1) is 30.7. The summed E-state index contributed by atoms with van der Waals surface area (Å²) in [6.07, 6.45) is 5.54. The Morgan fingerprint density at radius 1 is 1.10 bits per heavy atom. The van der Waals surface area contributed by atoms with Crippen molar-refractivity contribution in [1.82, 2.24) is 15.0 Å². The molecule has 0 atom stereocenters. The fourth-order valence-electron chi connectivity index (χ4n) is 5.45. The molecule has 216 valence electrons. The Labute approximate surface area is 252 Å². The van der Waals surface area contributed by atoms with Crippen LogP contribution in [0.3, 0.4) is 0 Å². The number of carbonyl (C=O) groups excluding carboxylic acids is 1. The molecule has 40 heavy (non-hydrogen) atoms. The van der Waals surface area contributed by atoms with E-state index in [1.54, 1.807) is 7.11 Å². The van der Waals surface area contributed by atoms with Crippen LogP contribution < -0.4 is 0 Å². The molecule has 1 aliphatic heterocycles. The second-order valence-corrected chi connectivity index (χ2v) is 12.4. The third-order valence-corrected chi connectivity index (χ3v) is 8.75. The first-order valence-corrected chi connectivity index (χ1v) is 15.5. The van der Waals surface area contributed by atoms with Gasteiger partial charge in [0.15, 0.2) is 0 Å². The number of unbranched alkanes of at least 4 members (excludes halogenated alkanes) is 1. The predicted molar refractivity (Wildman–Crippen MR) is 166 cm³/mol. The Morgan fingerprint density at radius 2 is 1.82 bits per heavy atom. The minimum atomic E-state index is -0.368. The molecule has 0 unspecified atom stereocenters. The molecule has 0 N–H and O–H groups in total. The van der Waals surface area contributed by atoms with Gasteiger partial charge in [0.05, 0.1) is 12.0 Å². The zero-order chi connectivity index (χ0) is 28.5. The van der Waals surface area contributed by atoms with Crippen molar-refractivity contribution in [3.63, 3.8) is 0 Å². The number of hydrogen-bond donors (Lipinski definition) is 0. The van der Waals surface area contributed by atoms with Gasteiger partial charge < -0.3 is 14.0 Å². The van der Waals surface area contributed by atoms with E-state index in [2.05, 4.69) is 93.9 Å². The van der Waals surface area contributed by atoms with Gasteiger partial charge in [-0.15, -0.1) is 0 Å². The second kappa shape index (κ2) is 14.5. The van der Waals surface area contributed by atoms with Crippen molar-refractivity contribution in [2.24, 2.45) is 11.3 Å². The van der Waals surface area contributed by atoms with E-state index in [0.717, 1.165) is 75.9 Å². The Hall–Kier alpha value is -2.30. The van der Waals surface area contributed by atoms with E-state index in [1.807, 2.05) is 6.92 Å². The molecule has 4 rings (SSSR count). The molecule has 2 aromatic carbocycles. The molecule has 0 aliphatic carbocycles. The molecule has 8 heteroatoms. The summed E-state index contributed by atoms with van der Waals surface area (Å²) in [5.41, 5.74) is 4.08. The van der Waals surface area contributed by atoms with Crippen molar-refractivity contribution >= 4 is 28.6 Å². The second-order valence-electron chi connectivity index (χ2n) is 11.3. The number of carbonyl (C=O) groups is 1. The number of methoxy groups -OCH3 is 1. The summed E-state index contributed by atoms with van der Waals surface area (Å²) in [7, 11) is 1.72. The highest BCUT2D eigenvalue weighted by molar-refractivity contribution is 14.1. The zero-order valence-electron chi connectivity index (χ0n) is 24.2. The van der Waals surface area contributed by atoms with Crippen LogP contribution in [0.5, 0.6) is 0 Å². The Morgan fingerprint density at radius 3 is 2.48 bits per heavy atom. The fourth-order valence-corrected chi connectivity index (χ4v) is 6.19. The molecule has 3 aromatic rings. The van der Waals surface area contributed by atoms with Crippen LogP contribution in [0.1, 0.15) is 64.0 Å². The summed E-state index contributed by atoms with van der Waals surface area (Å²) >= 11 is 2.39. The molecule has 1 fully saturated rings. The van der Waals surface area contributed by atoms with E-state index < -0.39 is 0 Å². The van der Waals surface area contributed by atoms with Gasteiger partial charge in [0.25, 0.3) is 5.89 Å². The summed E-state index contributed by atoms with van der Waals surface area (Å²) in [6, 6.07) is 14.7. The maximum Gasteiger partial charge on any atom is 0.312 e. The van der Waals surface area contributed by atoms with Gasteiger partial charge in [-0.25, -0.2) is 0 Å². The van der Waals surface area contributed by atoms with Crippen molar-refractivity contribution < 1.29 is 18.8 Å². The zero-order valence-corrected chi connectivity index (χ0v) is 26.4. The number of halogens is 1. The van der Waals surface area contributed by atoms with E-state index in [1.165, 1.54) is 14.7 Å². The van der Waals surface area contributed by atoms with Gasteiger partial charge in [0.2, 0.25) is 5.82 Å². The Balaban J connectivity index is 1.35. The normalized spacial score (nSPS) is 15.4. The minimum Gasteiger partial charge on any atom is -0.466 e. The van der Waals surface area contributed by atoms with Gasteiger partial charge in [-0.05, 0) is 104 Å². The molecule has 0 radical (unpaired) electrons. The van der Waals surface area contributed by atoms with Gasteiger partial charge in [-0.2, -0.15) is 4.98 Å². The van der Waals surface area contributed by atoms with Gasteiger partial charge in [0, 0.05) is 35.0 Å². The number of rotatable bonds is 13. The number of benzene rings is 2. The summed E-state index contributed by atoms with van der Waals surface area (Å²) < 4.78 is 17.5. The average molecular weight is 660 g/mol. The largest absolute Gasteiger partial charge is 0.466 e. The third kappa shape index (κ3) is 7.91. The Kier molecular flexibility index (Phi) is 11.1. The summed E-state index contributed by atoms with van der Waals surface area (Å²) in [5.74, 6) is 1.71. The number of esters is 1. The lowest BCUT2D eigenvalue weighted by Gasteiger charge is -2.40. The van der Waals surface area contributed by atoms with Crippen LogP contribution in [0, 0.1) is 14.9 Å². The maximum atomic E-state index is 12.9. The monoisotopic (exact) mass is 659 g/mol. The first-order chi connectivity index (χ1) is 19.3. The fraction of sp³-hybridized carbons (Fsp3) is 0.531. The highest BCUT2D eigenvalue weighted by Gasteiger charge is 2.42. The predicted octanol–water partition coefficient (Wildman–Crippen LogP) is 7.17. The number of piperidine rings is 1. The number of ether oxygens (including phenoxy) is 2. The van der Waals surface area contributed by atoms with E-state index >= 15 is 0 Å². The van der Waals surface area contributed by atoms with Crippen molar-refractivity contribution in [3.05, 3.63) is 57.2 Å². The number of nitrogens with zero attached hydrogens (tertiary/aromatic N) is 3. The van der Waals surface area contributed by atoms with E-state index in [0.29, 0.717) is 24.2 Å². The Bertz CT molecular complexity index is 1230. The minimum absolute atomic E-state index is 0.0304. The molecule has 1 aromatic heterocycles. The van der Waals surface area contributed by atoms with Crippen molar-refractivity contribution in [2.45, 2.75) is 65.8 Å². The number of aromatic nitrogens is 2. The lowest BCUT2D eigenvalue weighted by molar-refractivity contribution is -0.159. The molecule has 2 heterocycles. The molecule has 1 saturated heterocycles. The van der Waals surface area contributed by atoms with Crippen molar-refractivity contribution in [1.29, 1.82) is 0 Å². The summed E-state index contributed by atoms with van der Waals surface area (Å²) in [6.45, 7) is 10.1. The van der Waals surface area contributed by atoms with E-state index in [-0.39, 0.29) is 11.4 Å². The molecular weight excluding hydrogens is 617 g/mol. The van der Waals surface area contributed by atoms with Crippen molar-refractivity contribution in [2.75, 3.05) is 33.4 Å². The van der Waals surface area contributed by atoms with Crippen LogP contribution in [0.15, 0.2) is 47.0 Å². The van der Waals surface area contributed by atoms with Gasteiger partial charge in [-0.3, -0.25) is 9.69 Å². The first-order valence-electron chi connectivity index (χ1n) is 14.4. The maximum absolute atomic E-state index is 12.9. The molecule has 0 amide bonds. The van der Waals surface area contributed by atoms with E-state index in [4.69, 9.17) is 14.0 Å². The van der Waals surface area contributed by atoms with Crippen LogP contribution in [0.4, 0.5) is 0 Å². The lowest BCUT2D eigenvalue weighted by atomic mass is 9.74. The average Bonchev–Trinajstić information content (AvgIpc) is 3.44. The molecular formula is C32H42IN3O4. The SMILES string of the molecule is CCOC(=O)C1(CCCCOC)CCN(Cc2ccc(-c3noc(-c4ccc(CC(C)C)c(I)c4)n3)cc2)CC1. The van der Waals surface area contributed by atoms with E-state index in [9.17, 15) is 4.79 Å². The summed E-state index contributed by atoms with van der Waals surface area (Å²) in [4.78, 5) is 20.0. The highest BCUT2D eigenvalue weighted by Crippen LogP contribution is 2.38.